The van der Waals surface area contributed by atoms with Crippen molar-refractivity contribution < 1.29 is 0 Å². The van der Waals surface area contributed by atoms with Crippen LogP contribution in [0, 0.1) is 0 Å². The lowest BCUT2D eigenvalue weighted by Gasteiger charge is -2.27. The van der Waals surface area contributed by atoms with E-state index in [1.807, 2.05) is 24.4 Å². The highest BCUT2D eigenvalue weighted by Gasteiger charge is 2.28. The second-order valence-corrected chi connectivity index (χ2v) is 6.56. The summed E-state index contributed by atoms with van der Waals surface area (Å²) < 4.78 is 0.955. The molecule has 0 aliphatic heterocycles. The Labute approximate surface area is 121 Å². The van der Waals surface area contributed by atoms with Gasteiger partial charge in [-0.3, -0.25) is 4.98 Å². The van der Waals surface area contributed by atoms with Crippen LogP contribution in [0.5, 0.6) is 0 Å². The van der Waals surface area contributed by atoms with Crippen molar-refractivity contribution in [3.05, 3.63) is 28.9 Å². The first-order chi connectivity index (χ1) is 9.07. The number of anilines is 2. The van der Waals surface area contributed by atoms with E-state index < -0.39 is 0 Å². The third kappa shape index (κ3) is 2.41. The van der Waals surface area contributed by atoms with Gasteiger partial charge in [0, 0.05) is 27.3 Å². The van der Waals surface area contributed by atoms with Gasteiger partial charge in [0.25, 0.3) is 0 Å². The summed E-state index contributed by atoms with van der Waals surface area (Å²) in [6.07, 6.45) is 6.86. The quantitative estimate of drug-likeness (QED) is 0.810. The van der Waals surface area contributed by atoms with E-state index in [9.17, 15) is 0 Å². The van der Waals surface area contributed by atoms with Crippen molar-refractivity contribution in [2.24, 2.45) is 0 Å². The Morgan fingerprint density at radius 2 is 2.05 bits per heavy atom. The lowest BCUT2D eigenvalue weighted by Crippen LogP contribution is -2.30. The van der Waals surface area contributed by atoms with E-state index in [0.717, 1.165) is 26.8 Å². The highest BCUT2D eigenvalue weighted by atomic mass is 79.9. The molecule has 0 saturated heterocycles. The van der Waals surface area contributed by atoms with Gasteiger partial charge in [-0.1, -0.05) is 12.8 Å². The van der Waals surface area contributed by atoms with Crippen molar-refractivity contribution >= 4 is 38.2 Å². The van der Waals surface area contributed by atoms with Crippen LogP contribution in [0.1, 0.15) is 32.6 Å². The normalized spacial score (nSPS) is 17.8. The molecule has 2 aromatic rings. The van der Waals surface area contributed by atoms with Crippen LogP contribution >= 0.6 is 15.9 Å². The number of nitrogens with two attached hydrogens (primary N) is 1. The summed E-state index contributed by atoms with van der Waals surface area (Å²) in [6, 6.07) is 6.03. The van der Waals surface area contributed by atoms with Crippen LogP contribution in [0.3, 0.4) is 0 Å². The van der Waals surface area contributed by atoms with Gasteiger partial charge in [0.05, 0.1) is 11.2 Å². The molecule has 1 aromatic heterocycles. The first-order valence-electron chi connectivity index (χ1n) is 6.69. The number of nitrogens with one attached hydrogen (secondary N) is 1. The van der Waals surface area contributed by atoms with Gasteiger partial charge in [0.15, 0.2) is 0 Å². The number of benzene rings is 1. The summed E-state index contributed by atoms with van der Waals surface area (Å²) in [7, 11) is 0. The van der Waals surface area contributed by atoms with Gasteiger partial charge in [-0.25, -0.2) is 0 Å². The maximum Gasteiger partial charge on any atom is 0.0954 e. The Morgan fingerprint density at radius 3 is 2.79 bits per heavy atom. The number of hydrogen-bond donors (Lipinski definition) is 2. The first-order valence-corrected chi connectivity index (χ1v) is 7.49. The van der Waals surface area contributed by atoms with Gasteiger partial charge in [-0.2, -0.15) is 0 Å². The van der Waals surface area contributed by atoms with E-state index in [0.29, 0.717) is 0 Å². The van der Waals surface area contributed by atoms with Crippen LogP contribution in [-0.4, -0.2) is 10.5 Å². The summed E-state index contributed by atoms with van der Waals surface area (Å²) in [6.45, 7) is 2.29. The summed E-state index contributed by atoms with van der Waals surface area (Å²) >= 11 is 3.45. The monoisotopic (exact) mass is 319 g/mol. The SMILES string of the molecule is CC1(Nc2ccc(N)c3cc(Br)cnc23)CCCC1. The topological polar surface area (TPSA) is 50.9 Å². The van der Waals surface area contributed by atoms with Crippen molar-refractivity contribution in [1.29, 1.82) is 0 Å². The molecule has 3 rings (SSSR count). The molecule has 0 amide bonds. The maximum absolute atomic E-state index is 6.05. The molecule has 1 aliphatic rings. The van der Waals surface area contributed by atoms with Crippen LogP contribution in [0.15, 0.2) is 28.9 Å². The van der Waals surface area contributed by atoms with E-state index in [1.54, 1.807) is 0 Å². The molecule has 1 saturated carbocycles. The van der Waals surface area contributed by atoms with Crippen LogP contribution in [0.25, 0.3) is 10.9 Å². The van der Waals surface area contributed by atoms with Crippen molar-refractivity contribution in [1.82, 2.24) is 4.98 Å². The minimum atomic E-state index is 0.192. The molecule has 0 atom stereocenters. The molecule has 3 nitrogen and oxygen atoms in total. The zero-order valence-corrected chi connectivity index (χ0v) is 12.6. The van der Waals surface area contributed by atoms with E-state index in [-0.39, 0.29) is 5.54 Å². The molecule has 1 aliphatic carbocycles. The number of nitrogen functional groups attached to an aromatic ring is 1. The predicted molar refractivity (Wildman–Crippen MR) is 84.4 cm³/mol. The average Bonchev–Trinajstić information content (AvgIpc) is 2.80. The molecular formula is C15H18BrN3. The minimum Gasteiger partial charge on any atom is -0.398 e. The molecule has 19 heavy (non-hydrogen) atoms. The molecule has 0 radical (unpaired) electrons. The van der Waals surface area contributed by atoms with Gasteiger partial charge in [-0.05, 0) is 53.9 Å². The largest absolute Gasteiger partial charge is 0.398 e. The Hall–Kier alpha value is -1.29. The van der Waals surface area contributed by atoms with Gasteiger partial charge >= 0.3 is 0 Å². The van der Waals surface area contributed by atoms with Crippen molar-refractivity contribution in [2.45, 2.75) is 38.1 Å². The fourth-order valence-electron chi connectivity index (χ4n) is 2.92. The molecule has 0 bridgehead atoms. The second kappa shape index (κ2) is 4.67. The van der Waals surface area contributed by atoms with Gasteiger partial charge in [0.1, 0.15) is 0 Å². The second-order valence-electron chi connectivity index (χ2n) is 5.64. The molecule has 4 heteroatoms. The zero-order valence-electron chi connectivity index (χ0n) is 11.0. The maximum atomic E-state index is 6.05. The fraction of sp³-hybridized carbons (Fsp3) is 0.400. The number of hydrogen-bond acceptors (Lipinski definition) is 3. The molecule has 1 fully saturated rings. The summed E-state index contributed by atoms with van der Waals surface area (Å²) in [5, 5.41) is 4.67. The van der Waals surface area contributed by atoms with Crippen molar-refractivity contribution in [2.75, 3.05) is 11.1 Å². The van der Waals surface area contributed by atoms with Crippen LogP contribution in [-0.2, 0) is 0 Å². The lowest BCUT2D eigenvalue weighted by molar-refractivity contribution is 0.534. The summed E-state index contributed by atoms with van der Waals surface area (Å²) in [4.78, 5) is 4.53. The Morgan fingerprint density at radius 1 is 1.32 bits per heavy atom. The first kappa shape index (κ1) is 12.7. The van der Waals surface area contributed by atoms with E-state index >= 15 is 0 Å². The standard InChI is InChI=1S/C15H18BrN3/c1-15(6-2-3-7-15)19-13-5-4-12(17)11-8-10(16)9-18-14(11)13/h4-5,8-9,19H,2-3,6-7,17H2,1H3. The summed E-state index contributed by atoms with van der Waals surface area (Å²) in [5.74, 6) is 0. The zero-order chi connectivity index (χ0) is 13.5. The number of fused-ring (bicyclic) bond motifs is 1. The van der Waals surface area contributed by atoms with Gasteiger partial charge in [0.2, 0.25) is 0 Å². The number of halogens is 1. The summed E-state index contributed by atoms with van der Waals surface area (Å²) in [5.41, 5.74) is 9.05. The smallest absolute Gasteiger partial charge is 0.0954 e. The van der Waals surface area contributed by atoms with E-state index in [2.05, 4.69) is 33.2 Å². The molecule has 3 N–H and O–H groups in total. The van der Waals surface area contributed by atoms with Crippen LogP contribution in [0.2, 0.25) is 0 Å². The predicted octanol–water partition coefficient (Wildman–Crippen LogP) is 4.32. The molecular weight excluding hydrogens is 302 g/mol. The number of nitrogens with zero attached hydrogens (tertiary/aromatic N) is 1. The Kier molecular flexibility index (Phi) is 3.13. The van der Waals surface area contributed by atoms with Crippen LogP contribution in [0.4, 0.5) is 11.4 Å². The molecule has 0 unspecified atom stereocenters. The molecule has 1 heterocycles. The van der Waals surface area contributed by atoms with Gasteiger partial charge < -0.3 is 11.1 Å². The minimum absolute atomic E-state index is 0.192. The van der Waals surface area contributed by atoms with E-state index in [4.69, 9.17) is 5.73 Å². The Bertz CT molecular complexity index is 618. The third-order valence-electron chi connectivity index (χ3n) is 3.99. The van der Waals surface area contributed by atoms with E-state index in [1.165, 1.54) is 25.7 Å². The molecule has 0 spiro atoms. The van der Waals surface area contributed by atoms with Crippen molar-refractivity contribution in [3.63, 3.8) is 0 Å². The fourth-order valence-corrected chi connectivity index (χ4v) is 3.25. The highest BCUT2D eigenvalue weighted by molar-refractivity contribution is 9.10. The molecule has 100 valence electrons. The average molecular weight is 320 g/mol. The van der Waals surface area contributed by atoms with Crippen molar-refractivity contribution in [3.8, 4) is 0 Å². The Balaban J connectivity index is 2.06. The number of pyridine rings is 1. The number of aromatic nitrogens is 1. The van der Waals surface area contributed by atoms with Gasteiger partial charge in [-0.15, -0.1) is 0 Å². The number of rotatable bonds is 2. The third-order valence-corrected chi connectivity index (χ3v) is 4.43. The highest BCUT2D eigenvalue weighted by Crippen LogP contribution is 2.36. The van der Waals surface area contributed by atoms with Crippen LogP contribution < -0.4 is 11.1 Å². The molecule has 1 aromatic carbocycles. The lowest BCUT2D eigenvalue weighted by atomic mass is 9.99.